The van der Waals surface area contributed by atoms with Crippen molar-refractivity contribution in [2.75, 3.05) is 6.61 Å². The van der Waals surface area contributed by atoms with Crippen LogP contribution < -0.4 is 0 Å². The lowest BCUT2D eigenvalue weighted by Gasteiger charge is -2.24. The van der Waals surface area contributed by atoms with Gasteiger partial charge in [0, 0.05) is 6.42 Å². The molecule has 0 aliphatic heterocycles. The molecule has 1 unspecified atom stereocenters. The van der Waals surface area contributed by atoms with Gasteiger partial charge in [-0.3, -0.25) is 4.79 Å². The summed E-state index contributed by atoms with van der Waals surface area (Å²) in [4.78, 5) is 11.2. The molecule has 1 atom stereocenters. The summed E-state index contributed by atoms with van der Waals surface area (Å²) in [6.45, 7) is 10.7. The van der Waals surface area contributed by atoms with Gasteiger partial charge in [-0.2, -0.15) is 0 Å². The molecule has 0 aromatic carbocycles. The highest BCUT2D eigenvalue weighted by atomic mass is 28.4. The van der Waals surface area contributed by atoms with Crippen molar-refractivity contribution in [3.8, 4) is 0 Å². The van der Waals surface area contributed by atoms with E-state index < -0.39 is 8.32 Å². The number of allylic oxidation sites excluding steroid dienone is 1. The van der Waals surface area contributed by atoms with E-state index in [4.69, 9.17) is 9.16 Å². The summed E-state index contributed by atoms with van der Waals surface area (Å²) in [6.07, 6.45) is 5.15. The molecule has 16 heavy (non-hydrogen) atoms. The summed E-state index contributed by atoms with van der Waals surface area (Å²) < 4.78 is 10.8. The zero-order valence-corrected chi connectivity index (χ0v) is 12.1. The van der Waals surface area contributed by atoms with Crippen LogP contribution in [0.15, 0.2) is 12.2 Å². The molecule has 0 aliphatic carbocycles. The molecule has 0 saturated carbocycles. The van der Waals surface area contributed by atoms with Crippen molar-refractivity contribution in [3.63, 3.8) is 0 Å². The number of esters is 1. The normalized spacial score (nSPS) is 14.1. The van der Waals surface area contributed by atoms with Crippen LogP contribution in [0.5, 0.6) is 0 Å². The number of rotatable bonds is 7. The maximum atomic E-state index is 11.2. The van der Waals surface area contributed by atoms with E-state index in [-0.39, 0.29) is 12.1 Å². The van der Waals surface area contributed by atoms with E-state index in [1.807, 2.05) is 26.0 Å². The Morgan fingerprint density at radius 2 is 2.00 bits per heavy atom. The van der Waals surface area contributed by atoms with Gasteiger partial charge < -0.3 is 9.16 Å². The third kappa shape index (κ3) is 8.68. The van der Waals surface area contributed by atoms with Crippen LogP contribution in [0.2, 0.25) is 19.6 Å². The van der Waals surface area contributed by atoms with Gasteiger partial charge in [-0.1, -0.05) is 12.2 Å². The zero-order valence-electron chi connectivity index (χ0n) is 11.1. The van der Waals surface area contributed by atoms with Crippen LogP contribution in [0.25, 0.3) is 0 Å². The van der Waals surface area contributed by atoms with Crippen LogP contribution in [0.3, 0.4) is 0 Å². The van der Waals surface area contributed by atoms with Crippen molar-refractivity contribution < 1.29 is 14.0 Å². The molecule has 4 heteroatoms. The van der Waals surface area contributed by atoms with Crippen molar-refractivity contribution in [2.24, 2.45) is 0 Å². The van der Waals surface area contributed by atoms with Gasteiger partial charge in [0.05, 0.1) is 12.7 Å². The van der Waals surface area contributed by atoms with Crippen LogP contribution in [0.1, 0.15) is 26.7 Å². The SMILES string of the molecule is CC=CC(CCC(=O)OCC)O[Si](C)(C)C. The van der Waals surface area contributed by atoms with Crippen molar-refractivity contribution >= 4 is 14.3 Å². The van der Waals surface area contributed by atoms with Crippen molar-refractivity contribution in [2.45, 2.75) is 52.4 Å². The highest BCUT2D eigenvalue weighted by Crippen LogP contribution is 2.13. The lowest BCUT2D eigenvalue weighted by molar-refractivity contribution is -0.143. The van der Waals surface area contributed by atoms with E-state index in [1.165, 1.54) is 0 Å². The van der Waals surface area contributed by atoms with Gasteiger partial charge in [0.25, 0.3) is 0 Å². The summed E-state index contributed by atoms with van der Waals surface area (Å²) in [5.74, 6) is -0.142. The van der Waals surface area contributed by atoms with Crippen LogP contribution >= 0.6 is 0 Å². The van der Waals surface area contributed by atoms with Gasteiger partial charge in [0.2, 0.25) is 0 Å². The molecule has 94 valence electrons. The summed E-state index contributed by atoms with van der Waals surface area (Å²) in [5.41, 5.74) is 0. The van der Waals surface area contributed by atoms with Gasteiger partial charge in [0.15, 0.2) is 8.32 Å². The number of carbonyl (C=O) groups is 1. The molecule has 0 heterocycles. The second kappa shape index (κ2) is 7.63. The summed E-state index contributed by atoms with van der Waals surface area (Å²) in [7, 11) is -1.55. The largest absolute Gasteiger partial charge is 0.466 e. The lowest BCUT2D eigenvalue weighted by atomic mass is 10.2. The molecule has 0 radical (unpaired) electrons. The van der Waals surface area contributed by atoms with Crippen LogP contribution in [-0.4, -0.2) is 27.0 Å². The maximum Gasteiger partial charge on any atom is 0.305 e. The smallest absolute Gasteiger partial charge is 0.305 e. The lowest BCUT2D eigenvalue weighted by Crippen LogP contribution is -2.31. The van der Waals surface area contributed by atoms with Crippen molar-refractivity contribution in [1.82, 2.24) is 0 Å². The summed E-state index contributed by atoms with van der Waals surface area (Å²) in [6, 6.07) is 0. The predicted octanol–water partition coefficient (Wildman–Crippen LogP) is 3.13. The molecule has 0 aromatic rings. The van der Waals surface area contributed by atoms with Crippen LogP contribution in [0.4, 0.5) is 0 Å². The first-order valence-electron chi connectivity index (χ1n) is 5.85. The second-order valence-electron chi connectivity index (χ2n) is 4.64. The van der Waals surface area contributed by atoms with Crippen LogP contribution in [-0.2, 0) is 14.0 Å². The average Bonchev–Trinajstić information content (AvgIpc) is 2.13. The fraction of sp³-hybridized carbons (Fsp3) is 0.750. The number of carbonyl (C=O) groups excluding carboxylic acids is 1. The molecule has 0 N–H and O–H groups in total. The van der Waals surface area contributed by atoms with Gasteiger partial charge in [-0.25, -0.2) is 0 Å². The molecule has 0 rings (SSSR count). The Kier molecular flexibility index (Phi) is 7.33. The first kappa shape index (κ1) is 15.4. The minimum Gasteiger partial charge on any atom is -0.466 e. The quantitative estimate of drug-likeness (QED) is 0.392. The number of ether oxygens (including phenoxy) is 1. The van der Waals surface area contributed by atoms with E-state index in [1.54, 1.807) is 0 Å². The predicted molar refractivity (Wildman–Crippen MR) is 68.9 cm³/mol. The third-order valence-electron chi connectivity index (χ3n) is 1.85. The fourth-order valence-corrected chi connectivity index (χ4v) is 2.46. The molecule has 3 nitrogen and oxygen atoms in total. The Morgan fingerprint density at radius 3 is 2.44 bits per heavy atom. The summed E-state index contributed by atoms with van der Waals surface area (Å²) >= 11 is 0. The number of hydrogen-bond acceptors (Lipinski definition) is 3. The molecule has 0 amide bonds. The van der Waals surface area contributed by atoms with Gasteiger partial charge >= 0.3 is 5.97 Å². The first-order valence-corrected chi connectivity index (χ1v) is 9.26. The van der Waals surface area contributed by atoms with E-state index >= 15 is 0 Å². The van der Waals surface area contributed by atoms with E-state index in [9.17, 15) is 4.79 Å². The first-order chi connectivity index (χ1) is 7.39. The van der Waals surface area contributed by atoms with Gasteiger partial charge in [-0.15, -0.1) is 0 Å². The molecular weight excluding hydrogens is 220 g/mol. The van der Waals surface area contributed by atoms with E-state index in [0.29, 0.717) is 19.4 Å². The van der Waals surface area contributed by atoms with E-state index in [0.717, 1.165) is 0 Å². The Morgan fingerprint density at radius 1 is 1.38 bits per heavy atom. The zero-order chi connectivity index (χ0) is 12.6. The van der Waals surface area contributed by atoms with Crippen molar-refractivity contribution in [3.05, 3.63) is 12.2 Å². The standard InChI is InChI=1S/C12H24O3Si/c1-6-8-11(15-16(3,4)5)9-10-12(13)14-7-2/h6,8,11H,7,9-10H2,1-5H3. The van der Waals surface area contributed by atoms with Crippen LogP contribution in [0, 0.1) is 0 Å². The molecule has 0 saturated heterocycles. The topological polar surface area (TPSA) is 35.5 Å². The average molecular weight is 244 g/mol. The number of hydrogen-bond donors (Lipinski definition) is 0. The maximum absolute atomic E-state index is 11.2. The Balaban J connectivity index is 4.09. The Labute approximate surface area is 100.0 Å². The van der Waals surface area contributed by atoms with Gasteiger partial charge in [-0.05, 0) is 39.9 Å². The monoisotopic (exact) mass is 244 g/mol. The molecule has 0 fully saturated rings. The molecular formula is C12H24O3Si. The Hall–Kier alpha value is -0.613. The summed E-state index contributed by atoms with van der Waals surface area (Å²) in [5, 5.41) is 0. The highest BCUT2D eigenvalue weighted by Gasteiger charge is 2.20. The minimum absolute atomic E-state index is 0.0427. The molecule has 0 spiro atoms. The van der Waals surface area contributed by atoms with Crippen molar-refractivity contribution in [1.29, 1.82) is 0 Å². The highest BCUT2D eigenvalue weighted by molar-refractivity contribution is 6.69. The van der Waals surface area contributed by atoms with E-state index in [2.05, 4.69) is 19.6 Å². The fourth-order valence-electron chi connectivity index (χ4n) is 1.36. The third-order valence-corrected chi connectivity index (χ3v) is 2.86. The molecule has 0 aromatic heterocycles. The van der Waals surface area contributed by atoms with Gasteiger partial charge in [0.1, 0.15) is 0 Å². The minimum atomic E-state index is -1.55. The Bertz CT molecular complexity index is 231. The second-order valence-corrected chi connectivity index (χ2v) is 9.10. The molecule has 0 bridgehead atoms. The molecule has 0 aliphatic rings.